The van der Waals surface area contributed by atoms with E-state index >= 15 is 0 Å². The number of benzene rings is 1. The summed E-state index contributed by atoms with van der Waals surface area (Å²) in [7, 11) is 1.51. The average molecular weight is 414 g/mol. The summed E-state index contributed by atoms with van der Waals surface area (Å²) >= 11 is 3.44. The van der Waals surface area contributed by atoms with Gasteiger partial charge in [-0.2, -0.15) is 0 Å². The van der Waals surface area contributed by atoms with E-state index in [1.54, 1.807) is 32.9 Å². The maximum Gasteiger partial charge on any atom is 0.327 e. The number of hydrogen-bond acceptors (Lipinski definition) is 4. The molecule has 0 bridgehead atoms. The van der Waals surface area contributed by atoms with Gasteiger partial charge in [-0.05, 0) is 33.3 Å². The lowest BCUT2D eigenvalue weighted by molar-refractivity contribution is -0.144. The van der Waals surface area contributed by atoms with Gasteiger partial charge >= 0.3 is 5.97 Å². The molecule has 2 unspecified atom stereocenters. The maximum atomic E-state index is 13.1. The molecule has 1 heterocycles. The molecule has 1 aliphatic rings. The van der Waals surface area contributed by atoms with Crippen LogP contribution in [-0.2, 0) is 9.59 Å². The molecule has 1 amide bonds. The molecule has 1 aliphatic heterocycles. The number of carbonyl (C=O) groups is 2. The van der Waals surface area contributed by atoms with Crippen molar-refractivity contribution in [3.63, 3.8) is 0 Å². The van der Waals surface area contributed by atoms with Gasteiger partial charge in [0.15, 0.2) is 11.9 Å². The highest BCUT2D eigenvalue weighted by molar-refractivity contribution is 9.10. The normalized spacial score (nSPS) is 18.6. The maximum absolute atomic E-state index is 13.1. The van der Waals surface area contributed by atoms with Crippen molar-refractivity contribution in [3.8, 4) is 11.5 Å². The first-order valence-corrected chi connectivity index (χ1v) is 8.88. The summed E-state index contributed by atoms with van der Waals surface area (Å²) in [5.41, 5.74) is -0.275. The predicted octanol–water partition coefficient (Wildman–Crippen LogP) is 3.71. The molecule has 25 heavy (non-hydrogen) atoms. The van der Waals surface area contributed by atoms with Gasteiger partial charge in [0, 0.05) is 6.07 Å². The second-order valence-corrected chi connectivity index (χ2v) is 8.41. The van der Waals surface area contributed by atoms with Crippen LogP contribution in [0.25, 0.3) is 0 Å². The molecule has 1 aromatic rings. The van der Waals surface area contributed by atoms with E-state index < -0.39 is 23.5 Å². The number of anilines is 1. The van der Waals surface area contributed by atoms with Gasteiger partial charge in [-0.1, -0.05) is 34.6 Å². The van der Waals surface area contributed by atoms with Crippen molar-refractivity contribution >= 4 is 33.5 Å². The summed E-state index contributed by atoms with van der Waals surface area (Å²) in [6.07, 6.45) is -0.749. The summed E-state index contributed by atoms with van der Waals surface area (Å²) in [6, 6.07) is 2.33. The van der Waals surface area contributed by atoms with Crippen molar-refractivity contribution in [2.24, 2.45) is 11.3 Å². The van der Waals surface area contributed by atoms with Gasteiger partial charge in [-0.15, -0.1) is 0 Å². The SMILES string of the molecule is COc1cc(Br)c2c(c1)N(C(C(=O)O)C(C)(C)C)C(=O)C(C(C)C)O2. The fraction of sp³-hybridized carbons (Fsp3) is 0.556. The Morgan fingerprint density at radius 2 is 1.96 bits per heavy atom. The monoisotopic (exact) mass is 413 g/mol. The third-order valence-electron chi connectivity index (χ3n) is 4.14. The smallest absolute Gasteiger partial charge is 0.327 e. The first-order chi connectivity index (χ1) is 11.5. The van der Waals surface area contributed by atoms with Gasteiger partial charge in [0.1, 0.15) is 11.8 Å². The van der Waals surface area contributed by atoms with Crippen LogP contribution in [0.3, 0.4) is 0 Å². The van der Waals surface area contributed by atoms with Gasteiger partial charge < -0.3 is 14.6 Å². The van der Waals surface area contributed by atoms with Crippen molar-refractivity contribution in [1.29, 1.82) is 0 Å². The van der Waals surface area contributed by atoms with Gasteiger partial charge in [0.25, 0.3) is 5.91 Å². The molecule has 0 aliphatic carbocycles. The Kier molecular flexibility index (Phi) is 5.37. The molecule has 0 aromatic heterocycles. The minimum absolute atomic E-state index is 0.105. The fourth-order valence-corrected chi connectivity index (χ4v) is 3.48. The Balaban J connectivity index is 2.74. The number of carboxylic acids is 1. The predicted molar refractivity (Wildman–Crippen MR) is 98.3 cm³/mol. The van der Waals surface area contributed by atoms with E-state index in [-0.39, 0.29) is 11.8 Å². The first-order valence-electron chi connectivity index (χ1n) is 8.09. The van der Waals surface area contributed by atoms with Crippen LogP contribution in [0.4, 0.5) is 5.69 Å². The number of methoxy groups -OCH3 is 1. The third kappa shape index (κ3) is 3.61. The Labute approximate surface area is 156 Å². The van der Waals surface area contributed by atoms with Crippen LogP contribution in [0.5, 0.6) is 11.5 Å². The third-order valence-corrected chi connectivity index (χ3v) is 4.73. The highest BCUT2D eigenvalue weighted by atomic mass is 79.9. The number of nitrogens with zero attached hydrogens (tertiary/aromatic N) is 1. The molecule has 0 spiro atoms. The van der Waals surface area contributed by atoms with Gasteiger partial charge in [-0.3, -0.25) is 9.69 Å². The van der Waals surface area contributed by atoms with Crippen molar-refractivity contribution < 1.29 is 24.2 Å². The van der Waals surface area contributed by atoms with Crippen molar-refractivity contribution in [1.82, 2.24) is 0 Å². The number of ether oxygens (including phenoxy) is 2. The number of halogens is 1. The minimum atomic E-state index is -1.06. The summed E-state index contributed by atoms with van der Waals surface area (Å²) in [6.45, 7) is 9.14. The van der Waals surface area contributed by atoms with Crippen LogP contribution in [-0.4, -0.2) is 36.2 Å². The Hall–Kier alpha value is -1.76. The molecule has 0 saturated carbocycles. The molecule has 2 rings (SSSR count). The second kappa shape index (κ2) is 6.86. The molecule has 0 fully saturated rings. The molecule has 6 nitrogen and oxygen atoms in total. The van der Waals surface area contributed by atoms with E-state index in [0.717, 1.165) is 0 Å². The van der Waals surface area contributed by atoms with Crippen LogP contribution < -0.4 is 14.4 Å². The molecular weight excluding hydrogens is 390 g/mol. The average Bonchev–Trinajstić information content (AvgIpc) is 2.47. The number of amides is 1. The van der Waals surface area contributed by atoms with Gasteiger partial charge in [0.05, 0.1) is 17.3 Å². The molecular formula is C18H24BrNO5. The van der Waals surface area contributed by atoms with E-state index in [0.29, 0.717) is 21.7 Å². The van der Waals surface area contributed by atoms with Crippen molar-refractivity contribution in [2.75, 3.05) is 12.0 Å². The fourth-order valence-electron chi connectivity index (χ4n) is 2.96. The molecule has 7 heteroatoms. The number of fused-ring (bicyclic) bond motifs is 1. The Morgan fingerprint density at radius 3 is 2.40 bits per heavy atom. The zero-order chi connectivity index (χ0) is 19.1. The van der Waals surface area contributed by atoms with Crippen LogP contribution in [0.2, 0.25) is 0 Å². The Bertz CT molecular complexity index is 695. The van der Waals surface area contributed by atoms with Gasteiger partial charge in [0.2, 0.25) is 0 Å². The summed E-state index contributed by atoms with van der Waals surface area (Å²) in [5, 5.41) is 9.85. The lowest BCUT2D eigenvalue weighted by atomic mass is 9.84. The van der Waals surface area contributed by atoms with E-state index in [2.05, 4.69) is 15.9 Å². The number of rotatable bonds is 4. The lowest BCUT2D eigenvalue weighted by Gasteiger charge is -2.43. The van der Waals surface area contributed by atoms with Crippen LogP contribution >= 0.6 is 15.9 Å². The first kappa shape index (κ1) is 19.6. The highest BCUT2D eigenvalue weighted by Crippen LogP contribution is 2.46. The lowest BCUT2D eigenvalue weighted by Crippen LogP contribution is -2.59. The summed E-state index contributed by atoms with van der Waals surface area (Å²) in [5.74, 6) is -0.561. The topological polar surface area (TPSA) is 76.1 Å². The number of aliphatic carboxylic acids is 1. The Morgan fingerprint density at radius 1 is 1.36 bits per heavy atom. The van der Waals surface area contributed by atoms with E-state index in [1.165, 1.54) is 12.0 Å². The standard InChI is InChI=1S/C18H24BrNO5/c1-9(2)13-16(21)20(15(17(22)23)18(3,4)5)12-8-10(24-6)7-11(19)14(12)25-13/h7-9,13,15H,1-6H3,(H,22,23). The van der Waals surface area contributed by atoms with E-state index in [1.807, 2.05) is 13.8 Å². The second-order valence-electron chi connectivity index (χ2n) is 7.55. The van der Waals surface area contributed by atoms with Crippen LogP contribution in [0, 0.1) is 11.3 Å². The van der Waals surface area contributed by atoms with E-state index in [9.17, 15) is 14.7 Å². The highest BCUT2D eigenvalue weighted by Gasteiger charge is 2.47. The number of hydrogen-bond donors (Lipinski definition) is 1. The number of carboxylic acid groups (broad SMARTS) is 1. The largest absolute Gasteiger partial charge is 0.497 e. The summed E-state index contributed by atoms with van der Waals surface area (Å²) in [4.78, 5) is 26.5. The molecule has 138 valence electrons. The van der Waals surface area contributed by atoms with Crippen molar-refractivity contribution in [3.05, 3.63) is 16.6 Å². The zero-order valence-corrected chi connectivity index (χ0v) is 16.9. The molecule has 0 saturated heterocycles. The minimum Gasteiger partial charge on any atom is -0.497 e. The number of carbonyl (C=O) groups excluding carboxylic acids is 1. The van der Waals surface area contributed by atoms with Crippen LogP contribution in [0.15, 0.2) is 16.6 Å². The summed E-state index contributed by atoms with van der Waals surface area (Å²) < 4.78 is 11.8. The molecule has 1 N–H and O–H groups in total. The molecule has 2 atom stereocenters. The molecule has 1 aromatic carbocycles. The van der Waals surface area contributed by atoms with Crippen molar-refractivity contribution in [2.45, 2.75) is 46.8 Å². The van der Waals surface area contributed by atoms with Crippen LogP contribution in [0.1, 0.15) is 34.6 Å². The zero-order valence-electron chi connectivity index (χ0n) is 15.3. The van der Waals surface area contributed by atoms with E-state index in [4.69, 9.17) is 9.47 Å². The quantitative estimate of drug-likeness (QED) is 0.813. The van der Waals surface area contributed by atoms with Gasteiger partial charge in [-0.25, -0.2) is 4.79 Å². The molecule has 0 radical (unpaired) electrons.